The van der Waals surface area contributed by atoms with E-state index in [1.165, 1.54) is 11.8 Å². The maximum atomic E-state index is 8.96. The topological polar surface area (TPSA) is 72.3 Å². The van der Waals surface area contributed by atoms with Gasteiger partial charge in [0.2, 0.25) is 0 Å². The van der Waals surface area contributed by atoms with Crippen molar-refractivity contribution in [2.45, 2.75) is 4.90 Å². The van der Waals surface area contributed by atoms with Gasteiger partial charge < -0.3 is 0 Å². The van der Waals surface area contributed by atoms with E-state index in [1.807, 2.05) is 42.5 Å². The molecule has 0 saturated carbocycles. The molecule has 0 radical (unpaired) electrons. The van der Waals surface area contributed by atoms with Gasteiger partial charge in [0.25, 0.3) is 0 Å². The van der Waals surface area contributed by atoms with Gasteiger partial charge in [-0.25, -0.2) is 0 Å². The molecule has 0 saturated heterocycles. The Bertz CT molecular complexity index is 649. The lowest BCUT2D eigenvalue weighted by Crippen LogP contribution is -2.10. The van der Waals surface area contributed by atoms with Gasteiger partial charge in [-0.1, -0.05) is 41.6 Å². The Morgan fingerprint density at radius 2 is 1.84 bits per heavy atom. The zero-order valence-corrected chi connectivity index (χ0v) is 11.8. The SMILES string of the molecule is N#CC(C#N)=C1C(Cl)=NSN=C1Sc1ccccc1. The summed E-state index contributed by atoms with van der Waals surface area (Å²) in [6, 6.07) is 13.2. The first-order valence-corrected chi connectivity index (χ1v) is 6.94. The first kappa shape index (κ1) is 13.7. The number of nitriles is 2. The lowest BCUT2D eigenvalue weighted by Gasteiger charge is -2.11. The zero-order chi connectivity index (χ0) is 13.7. The van der Waals surface area contributed by atoms with Gasteiger partial charge >= 0.3 is 0 Å². The van der Waals surface area contributed by atoms with E-state index in [9.17, 15) is 0 Å². The molecule has 1 aliphatic rings. The van der Waals surface area contributed by atoms with Gasteiger partial charge in [-0.15, -0.1) is 0 Å². The minimum atomic E-state index is -0.0868. The fourth-order valence-electron chi connectivity index (χ4n) is 1.29. The summed E-state index contributed by atoms with van der Waals surface area (Å²) in [6.45, 7) is 0. The van der Waals surface area contributed by atoms with Crippen LogP contribution in [0.25, 0.3) is 0 Å². The van der Waals surface area contributed by atoms with E-state index < -0.39 is 0 Å². The van der Waals surface area contributed by atoms with Crippen LogP contribution >= 0.6 is 35.5 Å². The third kappa shape index (κ3) is 3.18. The predicted octanol–water partition coefficient (Wildman–Crippen LogP) is 3.74. The molecule has 0 amide bonds. The Kier molecular flexibility index (Phi) is 4.64. The van der Waals surface area contributed by atoms with Crippen LogP contribution in [0, 0.1) is 22.7 Å². The molecule has 0 unspecified atom stereocenters. The lowest BCUT2D eigenvalue weighted by atomic mass is 10.1. The molecule has 0 aliphatic carbocycles. The minimum Gasteiger partial charge on any atom is -0.192 e. The lowest BCUT2D eigenvalue weighted by molar-refractivity contribution is 1.45. The van der Waals surface area contributed by atoms with E-state index in [1.54, 1.807) is 0 Å². The summed E-state index contributed by atoms with van der Waals surface area (Å²) in [6.07, 6.45) is 0. The molecule has 0 fully saturated rings. The van der Waals surface area contributed by atoms with E-state index in [0.717, 1.165) is 17.0 Å². The number of rotatable bonds is 1. The van der Waals surface area contributed by atoms with Gasteiger partial charge in [0, 0.05) is 4.90 Å². The molecule has 0 spiro atoms. The van der Waals surface area contributed by atoms with Crippen LogP contribution in [0.3, 0.4) is 0 Å². The number of allylic oxidation sites excluding steroid dienone is 1. The highest BCUT2D eigenvalue weighted by atomic mass is 35.5. The van der Waals surface area contributed by atoms with Crippen molar-refractivity contribution in [2.24, 2.45) is 8.80 Å². The largest absolute Gasteiger partial charge is 0.192 e. The fraction of sp³-hybridized carbons (Fsp3) is 0. The molecule has 7 heteroatoms. The van der Waals surface area contributed by atoms with E-state index in [-0.39, 0.29) is 10.7 Å². The Morgan fingerprint density at radius 3 is 2.47 bits per heavy atom. The van der Waals surface area contributed by atoms with Crippen LogP contribution < -0.4 is 0 Å². The molecule has 2 rings (SSSR count). The molecule has 0 aromatic heterocycles. The van der Waals surface area contributed by atoms with Gasteiger partial charge in [-0.2, -0.15) is 19.3 Å². The first-order chi connectivity index (χ1) is 9.26. The van der Waals surface area contributed by atoms with Crippen molar-refractivity contribution in [2.75, 3.05) is 0 Å². The van der Waals surface area contributed by atoms with Gasteiger partial charge in [0.05, 0.1) is 5.57 Å². The molecule has 0 N–H and O–H groups in total. The third-order valence-electron chi connectivity index (χ3n) is 2.10. The van der Waals surface area contributed by atoms with Crippen LogP contribution in [-0.4, -0.2) is 10.2 Å². The first-order valence-electron chi connectivity index (χ1n) is 5.02. The Morgan fingerprint density at radius 1 is 1.16 bits per heavy atom. The number of benzene rings is 1. The predicted molar refractivity (Wildman–Crippen MR) is 78.9 cm³/mol. The number of halogens is 1. The maximum Gasteiger partial charge on any atom is 0.151 e. The average Bonchev–Trinajstić information content (AvgIpc) is 2.44. The molecule has 1 aromatic carbocycles. The summed E-state index contributed by atoms with van der Waals surface area (Å²) in [4.78, 5) is 0.945. The molecule has 1 heterocycles. The van der Waals surface area contributed by atoms with Crippen molar-refractivity contribution in [3.63, 3.8) is 0 Å². The van der Waals surface area contributed by atoms with Crippen molar-refractivity contribution < 1.29 is 0 Å². The van der Waals surface area contributed by atoms with Crippen LogP contribution in [0.2, 0.25) is 0 Å². The molecule has 0 bridgehead atoms. The van der Waals surface area contributed by atoms with Gasteiger partial charge in [-0.05, 0) is 12.1 Å². The van der Waals surface area contributed by atoms with Crippen molar-refractivity contribution in [3.8, 4) is 12.1 Å². The van der Waals surface area contributed by atoms with Crippen molar-refractivity contribution in [1.29, 1.82) is 10.5 Å². The smallest absolute Gasteiger partial charge is 0.151 e. The zero-order valence-electron chi connectivity index (χ0n) is 9.37. The molecular weight excluding hydrogens is 300 g/mol. The highest BCUT2D eigenvalue weighted by Gasteiger charge is 2.22. The van der Waals surface area contributed by atoms with E-state index in [0.29, 0.717) is 10.6 Å². The Labute approximate surface area is 123 Å². The van der Waals surface area contributed by atoms with Gasteiger partial charge in [0.15, 0.2) is 5.17 Å². The second kappa shape index (κ2) is 6.44. The summed E-state index contributed by atoms with van der Waals surface area (Å²) in [5.41, 5.74) is 0.204. The molecular formula is C12H5ClN4S2. The third-order valence-corrected chi connectivity index (χ3v) is 4.11. The molecule has 19 heavy (non-hydrogen) atoms. The minimum absolute atomic E-state index is 0.0868. The Hall–Kier alpha value is -1.73. The second-order valence-corrected chi connectivity index (χ2v) is 5.20. The van der Waals surface area contributed by atoms with Crippen LogP contribution in [0.15, 0.2) is 55.2 Å². The monoisotopic (exact) mass is 304 g/mol. The normalized spacial score (nSPS) is 13.9. The van der Waals surface area contributed by atoms with Gasteiger partial charge in [-0.3, -0.25) is 0 Å². The summed E-state index contributed by atoms with van der Waals surface area (Å²) in [5, 5.41) is 18.6. The molecule has 4 nitrogen and oxygen atoms in total. The van der Waals surface area contributed by atoms with Crippen LogP contribution in [0.1, 0.15) is 0 Å². The van der Waals surface area contributed by atoms with Gasteiger partial charge in [0.1, 0.15) is 34.9 Å². The number of nitrogens with zero attached hydrogens (tertiary/aromatic N) is 4. The molecule has 1 aromatic rings. The standard InChI is InChI=1S/C12H5ClN4S2/c13-11-10(8(6-14)7-15)12(17-19-16-11)18-9-4-2-1-3-5-9/h1-5H. The summed E-state index contributed by atoms with van der Waals surface area (Å²) >= 11 is 8.25. The number of thioether (sulfide) groups is 1. The summed E-state index contributed by atoms with van der Waals surface area (Å²) < 4.78 is 8.00. The highest BCUT2D eigenvalue weighted by molar-refractivity contribution is 8.15. The van der Waals surface area contributed by atoms with Crippen LogP contribution in [-0.2, 0) is 0 Å². The number of hydrogen-bond acceptors (Lipinski definition) is 6. The van der Waals surface area contributed by atoms with Crippen molar-refractivity contribution in [3.05, 3.63) is 41.5 Å². The van der Waals surface area contributed by atoms with Crippen molar-refractivity contribution in [1.82, 2.24) is 0 Å². The van der Waals surface area contributed by atoms with Crippen LogP contribution in [0.4, 0.5) is 0 Å². The molecule has 0 atom stereocenters. The summed E-state index contributed by atoms with van der Waals surface area (Å²) in [5.74, 6) is 0. The molecule has 1 aliphatic heterocycles. The number of hydrogen-bond donors (Lipinski definition) is 0. The van der Waals surface area contributed by atoms with E-state index >= 15 is 0 Å². The van der Waals surface area contributed by atoms with Crippen molar-refractivity contribution >= 4 is 45.7 Å². The fourth-order valence-corrected chi connectivity index (χ4v) is 3.06. The van der Waals surface area contributed by atoms with E-state index in [4.69, 9.17) is 22.1 Å². The quantitative estimate of drug-likeness (QED) is 0.585. The second-order valence-electron chi connectivity index (χ2n) is 3.25. The Balaban J connectivity index is 2.40. The highest BCUT2D eigenvalue weighted by Crippen LogP contribution is 2.32. The summed E-state index contributed by atoms with van der Waals surface area (Å²) in [7, 11) is 0. The average molecular weight is 305 g/mol. The maximum absolute atomic E-state index is 8.96. The van der Waals surface area contributed by atoms with Crippen LogP contribution in [0.5, 0.6) is 0 Å². The van der Waals surface area contributed by atoms with E-state index in [2.05, 4.69) is 8.80 Å². The molecule has 92 valence electrons.